The third kappa shape index (κ3) is 31.1. The molecule has 0 aromatic rings. The summed E-state index contributed by atoms with van der Waals surface area (Å²) in [4.78, 5) is 0. The maximum atomic E-state index is 8.55. The lowest BCUT2D eigenvalue weighted by molar-refractivity contribution is -0.0260. The zero-order valence-corrected chi connectivity index (χ0v) is 20.8. The van der Waals surface area contributed by atoms with E-state index in [2.05, 4.69) is 0 Å². The van der Waals surface area contributed by atoms with Crippen molar-refractivity contribution in [1.29, 1.82) is 0 Å². The van der Waals surface area contributed by atoms with Gasteiger partial charge in [0.05, 0.1) is 132 Å². The van der Waals surface area contributed by atoms with Crippen molar-refractivity contribution in [1.82, 2.24) is 0 Å². The van der Waals surface area contributed by atoms with Gasteiger partial charge in [0.1, 0.15) is 6.61 Å². The van der Waals surface area contributed by atoms with Crippen molar-refractivity contribution < 1.29 is 52.5 Å². The van der Waals surface area contributed by atoms with Crippen LogP contribution in [-0.2, 0) is 47.4 Å². The zero-order chi connectivity index (χ0) is 24.6. The van der Waals surface area contributed by atoms with Crippen LogP contribution in [0, 0.1) is 0 Å². The highest BCUT2D eigenvalue weighted by molar-refractivity contribution is 4.64. The van der Waals surface area contributed by atoms with Gasteiger partial charge in [-0.15, -0.1) is 0 Å². The number of aliphatic hydroxyl groups is 1. The van der Waals surface area contributed by atoms with E-state index in [4.69, 9.17) is 52.5 Å². The molecule has 11 heteroatoms. The van der Waals surface area contributed by atoms with Crippen LogP contribution in [0.3, 0.4) is 0 Å². The molecule has 0 rings (SSSR count). The quantitative estimate of drug-likeness (QED) is 0.111. The van der Waals surface area contributed by atoms with Gasteiger partial charge in [0.25, 0.3) is 0 Å². The summed E-state index contributed by atoms with van der Waals surface area (Å²) < 4.78 is 53.4. The lowest BCUT2D eigenvalue weighted by Gasteiger charge is -2.08. The molecule has 0 saturated carbocycles. The topological polar surface area (TPSA) is 113 Å². The first-order chi connectivity index (χ1) is 16.9. The Kier molecular flexibility index (Phi) is 31.3. The molecule has 0 unspecified atom stereocenters. The highest BCUT2D eigenvalue weighted by Gasteiger charge is 1.95. The van der Waals surface area contributed by atoms with Gasteiger partial charge >= 0.3 is 0 Å². The maximum Gasteiger partial charge on any atom is 0.111 e. The van der Waals surface area contributed by atoms with Crippen molar-refractivity contribution in [2.45, 2.75) is 6.92 Å². The molecule has 0 fully saturated rings. The molecule has 1 N–H and O–H groups in total. The molecule has 11 nitrogen and oxygen atoms in total. The van der Waals surface area contributed by atoms with E-state index < -0.39 is 0 Å². The lowest BCUT2D eigenvalue weighted by atomic mass is 10.6. The standard InChI is InChI=1S/C23H46O11/c1-2-4-25-6-8-27-10-12-29-14-16-31-18-20-33-22-23-34-21-19-32-17-15-30-13-11-28-9-7-26-5-3-24/h2,4,24H,3,5-23H2,1H3. The summed E-state index contributed by atoms with van der Waals surface area (Å²) in [5, 5.41) is 8.55. The van der Waals surface area contributed by atoms with Crippen molar-refractivity contribution in [3.63, 3.8) is 0 Å². The molecular weight excluding hydrogens is 452 g/mol. The van der Waals surface area contributed by atoms with E-state index in [0.29, 0.717) is 126 Å². The Hall–Kier alpha value is -0.860. The van der Waals surface area contributed by atoms with Gasteiger partial charge in [-0.25, -0.2) is 0 Å². The Balaban J connectivity index is 3.00. The van der Waals surface area contributed by atoms with Crippen LogP contribution in [0.5, 0.6) is 0 Å². The van der Waals surface area contributed by atoms with Gasteiger partial charge in [-0.3, -0.25) is 0 Å². The van der Waals surface area contributed by atoms with Crippen molar-refractivity contribution >= 4 is 0 Å². The Morgan fingerprint density at radius 3 is 0.853 bits per heavy atom. The van der Waals surface area contributed by atoms with Gasteiger partial charge in [0.15, 0.2) is 0 Å². The fourth-order valence-corrected chi connectivity index (χ4v) is 2.20. The van der Waals surface area contributed by atoms with Gasteiger partial charge in [-0.1, -0.05) is 6.08 Å². The van der Waals surface area contributed by atoms with E-state index in [1.807, 2.05) is 13.0 Å². The number of hydrogen-bond acceptors (Lipinski definition) is 11. The van der Waals surface area contributed by atoms with Crippen LogP contribution in [0.25, 0.3) is 0 Å². The van der Waals surface area contributed by atoms with Crippen molar-refractivity contribution in [3.05, 3.63) is 12.3 Å². The van der Waals surface area contributed by atoms with Crippen LogP contribution in [0.4, 0.5) is 0 Å². The first-order valence-corrected chi connectivity index (χ1v) is 11.9. The summed E-state index contributed by atoms with van der Waals surface area (Å²) in [6, 6.07) is 0. The predicted octanol–water partition coefficient (Wildman–Crippen LogP) is 0.678. The molecule has 0 aliphatic carbocycles. The fraction of sp³-hybridized carbons (Fsp3) is 0.913. The van der Waals surface area contributed by atoms with Crippen LogP contribution in [-0.4, -0.2) is 137 Å². The minimum absolute atomic E-state index is 0.0291. The zero-order valence-electron chi connectivity index (χ0n) is 20.8. The molecule has 0 amide bonds. The van der Waals surface area contributed by atoms with Crippen LogP contribution >= 0.6 is 0 Å². The summed E-state index contributed by atoms with van der Waals surface area (Å²) in [6.45, 7) is 11.6. The summed E-state index contributed by atoms with van der Waals surface area (Å²) in [7, 11) is 0. The molecule has 34 heavy (non-hydrogen) atoms. The number of aliphatic hydroxyl groups excluding tert-OH is 1. The third-order valence-corrected chi connectivity index (χ3v) is 3.79. The predicted molar refractivity (Wildman–Crippen MR) is 125 cm³/mol. The minimum atomic E-state index is 0.0291. The van der Waals surface area contributed by atoms with Gasteiger partial charge in [0, 0.05) is 0 Å². The number of allylic oxidation sites excluding steroid dienone is 1. The Labute approximate surface area is 204 Å². The van der Waals surface area contributed by atoms with Gasteiger partial charge in [-0.2, -0.15) is 0 Å². The Morgan fingerprint density at radius 2 is 0.618 bits per heavy atom. The number of rotatable bonds is 30. The SMILES string of the molecule is CC=COCCOCCOCCOCCOCCOCCOCCOCCOCCOCCO. The Morgan fingerprint density at radius 1 is 0.382 bits per heavy atom. The molecule has 204 valence electrons. The first kappa shape index (κ1) is 33.1. The molecule has 0 radical (unpaired) electrons. The van der Waals surface area contributed by atoms with Gasteiger partial charge < -0.3 is 52.5 Å². The van der Waals surface area contributed by atoms with Gasteiger partial charge in [-0.05, 0) is 6.92 Å². The average molecular weight is 499 g/mol. The third-order valence-electron chi connectivity index (χ3n) is 3.79. The highest BCUT2D eigenvalue weighted by atomic mass is 16.6. The molecule has 0 heterocycles. The van der Waals surface area contributed by atoms with E-state index in [-0.39, 0.29) is 6.61 Å². The van der Waals surface area contributed by atoms with Crippen LogP contribution in [0.1, 0.15) is 6.92 Å². The molecule has 0 saturated heterocycles. The molecule has 0 spiro atoms. The molecule has 0 aliphatic heterocycles. The molecule has 0 aromatic carbocycles. The van der Waals surface area contributed by atoms with Crippen molar-refractivity contribution in [3.8, 4) is 0 Å². The average Bonchev–Trinajstić information content (AvgIpc) is 2.85. The lowest BCUT2D eigenvalue weighted by Crippen LogP contribution is -2.15. The smallest absolute Gasteiger partial charge is 0.111 e. The van der Waals surface area contributed by atoms with Crippen LogP contribution < -0.4 is 0 Å². The van der Waals surface area contributed by atoms with E-state index >= 15 is 0 Å². The van der Waals surface area contributed by atoms with Gasteiger partial charge in [0.2, 0.25) is 0 Å². The molecule has 0 atom stereocenters. The summed E-state index contributed by atoms with van der Waals surface area (Å²) in [6.07, 6.45) is 3.48. The summed E-state index contributed by atoms with van der Waals surface area (Å²) in [5.41, 5.74) is 0. The van der Waals surface area contributed by atoms with E-state index in [1.54, 1.807) is 6.26 Å². The minimum Gasteiger partial charge on any atom is -0.499 e. The maximum absolute atomic E-state index is 8.55. The molecule has 0 bridgehead atoms. The van der Waals surface area contributed by atoms with Crippen molar-refractivity contribution in [2.24, 2.45) is 0 Å². The second-order valence-corrected chi connectivity index (χ2v) is 6.58. The first-order valence-electron chi connectivity index (χ1n) is 11.9. The van der Waals surface area contributed by atoms with Crippen LogP contribution in [0.15, 0.2) is 12.3 Å². The molecule has 0 aliphatic rings. The monoisotopic (exact) mass is 498 g/mol. The van der Waals surface area contributed by atoms with Crippen LogP contribution in [0.2, 0.25) is 0 Å². The van der Waals surface area contributed by atoms with Crippen molar-refractivity contribution in [2.75, 3.05) is 132 Å². The van der Waals surface area contributed by atoms with E-state index in [1.165, 1.54) is 0 Å². The van der Waals surface area contributed by atoms with E-state index in [9.17, 15) is 0 Å². The number of hydrogen-bond donors (Lipinski definition) is 1. The second kappa shape index (κ2) is 32.1. The molecular formula is C23H46O11. The summed E-state index contributed by atoms with van der Waals surface area (Å²) >= 11 is 0. The highest BCUT2D eigenvalue weighted by Crippen LogP contribution is 1.86. The summed E-state index contributed by atoms with van der Waals surface area (Å²) in [5.74, 6) is 0. The normalized spacial score (nSPS) is 11.6. The van der Waals surface area contributed by atoms with E-state index in [0.717, 1.165) is 0 Å². The number of ether oxygens (including phenoxy) is 10. The largest absolute Gasteiger partial charge is 0.499 e. The fourth-order valence-electron chi connectivity index (χ4n) is 2.20. The Bertz CT molecular complexity index is 386. The second-order valence-electron chi connectivity index (χ2n) is 6.58. The molecule has 0 aromatic heterocycles.